The van der Waals surface area contributed by atoms with Crippen LogP contribution in [-0.4, -0.2) is 52.7 Å². The highest BCUT2D eigenvalue weighted by Gasteiger charge is 2.30. The van der Waals surface area contributed by atoms with Crippen LogP contribution in [0.5, 0.6) is 0 Å². The van der Waals surface area contributed by atoms with Crippen LogP contribution in [-0.2, 0) is 19.1 Å². The first-order valence-electron chi connectivity index (χ1n) is 6.98. The molecule has 0 aromatic rings. The van der Waals surface area contributed by atoms with E-state index in [0.717, 1.165) is 0 Å². The van der Waals surface area contributed by atoms with Crippen molar-refractivity contribution in [2.45, 2.75) is 46.0 Å². The fourth-order valence-corrected chi connectivity index (χ4v) is 1.85. The van der Waals surface area contributed by atoms with Crippen LogP contribution in [0.3, 0.4) is 0 Å². The topological polar surface area (TPSA) is 124 Å². The van der Waals surface area contributed by atoms with Gasteiger partial charge in [-0.25, -0.2) is 4.79 Å². The molecule has 0 amide bonds. The fraction of sp³-hybridized carbons (Fsp3) is 0.833. The molecule has 1 aliphatic heterocycles. The summed E-state index contributed by atoms with van der Waals surface area (Å²) in [4.78, 5) is 27.0. The van der Waals surface area contributed by atoms with Crippen LogP contribution < -0.4 is 0 Å². The predicted octanol–water partition coefficient (Wildman–Crippen LogP) is 1.50. The van der Waals surface area contributed by atoms with Crippen LogP contribution in [0.4, 0.5) is 4.79 Å². The summed E-state index contributed by atoms with van der Waals surface area (Å²) < 4.78 is 9.44. The molecule has 2 atom stereocenters. The molecule has 1 N–H and O–H groups in total. The lowest BCUT2D eigenvalue weighted by Gasteiger charge is -2.26. The molecule has 0 bridgehead atoms. The highest BCUT2D eigenvalue weighted by atomic mass is 16.8. The SMILES string of the molecule is CC(C)OC(=O)OC(C)ON=[N+]([O-])N1CCCC(C(=O)O)C1. The maximum absolute atomic E-state index is 11.7. The van der Waals surface area contributed by atoms with Gasteiger partial charge in [0.1, 0.15) is 0 Å². The van der Waals surface area contributed by atoms with E-state index < -0.39 is 24.3 Å². The summed E-state index contributed by atoms with van der Waals surface area (Å²) in [6.07, 6.45) is -1.30. The van der Waals surface area contributed by atoms with Gasteiger partial charge in [-0.3, -0.25) is 9.63 Å². The molecule has 10 nitrogen and oxygen atoms in total. The summed E-state index contributed by atoms with van der Waals surface area (Å²) in [7, 11) is 0. The molecule has 0 spiro atoms. The van der Waals surface area contributed by atoms with E-state index in [1.54, 1.807) is 13.8 Å². The van der Waals surface area contributed by atoms with Crippen molar-refractivity contribution in [3.05, 3.63) is 5.21 Å². The molecule has 0 saturated carbocycles. The van der Waals surface area contributed by atoms with Crippen LogP contribution in [0, 0.1) is 11.1 Å². The number of carbonyl (C=O) groups excluding carboxylic acids is 1. The van der Waals surface area contributed by atoms with Crippen molar-refractivity contribution < 1.29 is 34.0 Å². The number of carboxylic acids is 1. The second-order valence-corrected chi connectivity index (χ2v) is 5.13. The molecule has 1 aliphatic rings. The molecule has 0 aromatic carbocycles. The third kappa shape index (κ3) is 6.02. The van der Waals surface area contributed by atoms with E-state index in [4.69, 9.17) is 19.4 Å². The maximum atomic E-state index is 11.7. The summed E-state index contributed by atoms with van der Waals surface area (Å²) in [6, 6.07) is 0. The Balaban J connectivity index is 2.44. The normalized spacial score (nSPS) is 20.5. The summed E-state index contributed by atoms with van der Waals surface area (Å²) in [6.45, 7) is 5.12. The molecule has 1 fully saturated rings. The molecular formula is C12H21N3O7. The lowest BCUT2D eigenvalue weighted by Crippen LogP contribution is -2.42. The Morgan fingerprint density at radius 1 is 1.36 bits per heavy atom. The van der Waals surface area contributed by atoms with Gasteiger partial charge in [0.15, 0.2) is 0 Å². The summed E-state index contributed by atoms with van der Waals surface area (Å²) in [5.74, 6) is -1.57. The predicted molar refractivity (Wildman–Crippen MR) is 71.2 cm³/mol. The minimum atomic E-state index is -1.11. The zero-order chi connectivity index (χ0) is 16.7. The first kappa shape index (κ1) is 17.8. The van der Waals surface area contributed by atoms with Gasteiger partial charge in [-0.1, -0.05) is 0 Å². The second kappa shape index (κ2) is 8.25. The molecular weight excluding hydrogens is 298 g/mol. The monoisotopic (exact) mass is 319 g/mol. The molecule has 126 valence electrons. The quantitative estimate of drug-likeness (QED) is 0.257. The van der Waals surface area contributed by atoms with Gasteiger partial charge >= 0.3 is 12.1 Å². The van der Waals surface area contributed by atoms with Crippen molar-refractivity contribution in [3.63, 3.8) is 0 Å². The summed E-state index contributed by atoms with van der Waals surface area (Å²) >= 11 is 0. The van der Waals surface area contributed by atoms with Crippen molar-refractivity contribution in [1.82, 2.24) is 5.01 Å². The standard InChI is InChI=1S/C12H21N3O7/c1-8(2)20-12(18)21-9(3)22-13-15(19)14-6-4-5-10(7-14)11(16)17/h8-10H,4-7H2,1-3H3,(H,16,17). The van der Waals surface area contributed by atoms with Crippen molar-refractivity contribution in [3.8, 4) is 0 Å². The third-order valence-electron chi connectivity index (χ3n) is 2.85. The number of aliphatic carboxylic acids is 1. The van der Waals surface area contributed by atoms with E-state index in [0.29, 0.717) is 19.4 Å². The number of carbonyl (C=O) groups is 2. The van der Waals surface area contributed by atoms with Gasteiger partial charge in [0, 0.05) is 6.92 Å². The number of rotatable bonds is 6. The van der Waals surface area contributed by atoms with Gasteiger partial charge in [-0.15, -0.1) is 5.01 Å². The van der Waals surface area contributed by atoms with E-state index in [1.807, 2.05) is 0 Å². The molecule has 1 saturated heterocycles. The van der Waals surface area contributed by atoms with Crippen molar-refractivity contribution in [1.29, 1.82) is 0 Å². The van der Waals surface area contributed by atoms with Gasteiger partial charge in [0.2, 0.25) is 5.28 Å². The van der Waals surface area contributed by atoms with E-state index in [1.165, 1.54) is 11.9 Å². The van der Waals surface area contributed by atoms with Gasteiger partial charge in [0.25, 0.3) is 6.29 Å². The Morgan fingerprint density at radius 3 is 2.64 bits per heavy atom. The van der Waals surface area contributed by atoms with Gasteiger partial charge in [-0.2, -0.15) is 0 Å². The van der Waals surface area contributed by atoms with Gasteiger partial charge in [-0.05, 0) is 26.7 Å². The van der Waals surface area contributed by atoms with E-state index in [-0.39, 0.29) is 17.6 Å². The van der Waals surface area contributed by atoms with Crippen LogP contribution in [0.25, 0.3) is 0 Å². The molecule has 0 aliphatic carbocycles. The Morgan fingerprint density at radius 2 is 2.05 bits per heavy atom. The average Bonchev–Trinajstić information content (AvgIpc) is 2.43. The number of ether oxygens (including phenoxy) is 2. The third-order valence-corrected chi connectivity index (χ3v) is 2.85. The second-order valence-electron chi connectivity index (χ2n) is 5.13. The number of nitrogens with zero attached hydrogens (tertiary/aromatic N) is 3. The van der Waals surface area contributed by atoms with Gasteiger partial charge in [0.05, 0.1) is 30.1 Å². The first-order chi connectivity index (χ1) is 10.3. The Labute approximate surface area is 127 Å². The highest BCUT2D eigenvalue weighted by molar-refractivity contribution is 5.70. The van der Waals surface area contributed by atoms with Gasteiger partial charge < -0.3 is 19.8 Å². The molecule has 1 heterocycles. The lowest BCUT2D eigenvalue weighted by atomic mass is 10.00. The Hall–Kier alpha value is -2.26. The number of hydrogen-bond acceptors (Lipinski definition) is 7. The molecule has 2 unspecified atom stereocenters. The lowest BCUT2D eigenvalue weighted by molar-refractivity contribution is -0.715. The van der Waals surface area contributed by atoms with E-state index >= 15 is 0 Å². The molecule has 1 rings (SSSR count). The summed E-state index contributed by atoms with van der Waals surface area (Å²) in [5.41, 5.74) is 0. The van der Waals surface area contributed by atoms with E-state index in [9.17, 15) is 14.8 Å². The smallest absolute Gasteiger partial charge is 0.511 e. The van der Waals surface area contributed by atoms with Crippen LogP contribution in [0.2, 0.25) is 0 Å². The number of hydrazine groups is 1. The number of carboxylic acid groups (broad SMARTS) is 1. The van der Waals surface area contributed by atoms with Crippen LogP contribution >= 0.6 is 0 Å². The minimum Gasteiger partial charge on any atom is -0.569 e. The Kier molecular flexibility index (Phi) is 6.67. The van der Waals surface area contributed by atoms with Crippen molar-refractivity contribution in [2.75, 3.05) is 13.1 Å². The summed E-state index contributed by atoms with van der Waals surface area (Å²) in [5, 5.41) is 25.1. The first-order valence-corrected chi connectivity index (χ1v) is 6.98. The van der Waals surface area contributed by atoms with Crippen molar-refractivity contribution >= 4 is 12.1 Å². The zero-order valence-corrected chi connectivity index (χ0v) is 12.8. The molecule has 10 heteroatoms. The van der Waals surface area contributed by atoms with E-state index in [2.05, 4.69) is 5.28 Å². The molecule has 0 radical (unpaired) electrons. The Bertz CT molecular complexity index is 427. The van der Waals surface area contributed by atoms with Crippen molar-refractivity contribution in [2.24, 2.45) is 11.2 Å². The van der Waals surface area contributed by atoms with Crippen LogP contribution in [0.15, 0.2) is 5.28 Å². The van der Waals surface area contributed by atoms with Crippen LogP contribution in [0.1, 0.15) is 33.6 Å². The molecule has 22 heavy (non-hydrogen) atoms. The zero-order valence-electron chi connectivity index (χ0n) is 12.8. The fourth-order valence-electron chi connectivity index (χ4n) is 1.85. The number of piperidine rings is 1. The maximum Gasteiger partial charge on any atom is 0.511 e. The largest absolute Gasteiger partial charge is 0.569 e. The molecule has 0 aromatic heterocycles. The number of hydrogen-bond donors (Lipinski definition) is 1. The highest BCUT2D eigenvalue weighted by Crippen LogP contribution is 2.16. The minimum absolute atomic E-state index is 0.0519. The average molecular weight is 319 g/mol.